The molecule has 0 saturated heterocycles. The summed E-state index contributed by atoms with van der Waals surface area (Å²) in [5, 5.41) is 0. The van der Waals surface area contributed by atoms with Gasteiger partial charge in [-0.05, 0) is 55.0 Å². The number of nitrogens with one attached hydrogen (secondary N) is 1. The SMILES string of the molecule is Cc1cc(F)ccc1-c1nc(N(C(N)=O)c2c(F)cccc2F)ccc1NS(=O)(=O)N(C)C. The number of carbonyl (C=O) groups is 1. The third-order valence-electron chi connectivity index (χ3n) is 4.65. The van der Waals surface area contributed by atoms with Crippen LogP contribution in [0.2, 0.25) is 0 Å². The van der Waals surface area contributed by atoms with Crippen molar-refractivity contribution in [3.8, 4) is 11.3 Å². The number of carbonyl (C=O) groups excluding carboxylic acids is 1. The first-order valence-corrected chi connectivity index (χ1v) is 10.9. The second kappa shape index (κ2) is 9.08. The second-order valence-corrected chi connectivity index (χ2v) is 9.04. The van der Waals surface area contributed by atoms with Gasteiger partial charge < -0.3 is 5.73 Å². The monoisotopic (exact) mass is 479 g/mol. The van der Waals surface area contributed by atoms with Crippen LogP contribution >= 0.6 is 0 Å². The first-order valence-electron chi connectivity index (χ1n) is 9.43. The highest BCUT2D eigenvalue weighted by Gasteiger charge is 2.26. The van der Waals surface area contributed by atoms with Crippen LogP contribution in [0, 0.1) is 24.4 Å². The number of para-hydroxylation sites is 1. The van der Waals surface area contributed by atoms with E-state index in [1.807, 2.05) is 0 Å². The molecule has 3 aromatic rings. The van der Waals surface area contributed by atoms with E-state index in [0.29, 0.717) is 16.0 Å². The van der Waals surface area contributed by atoms with Gasteiger partial charge in [0.05, 0.1) is 11.4 Å². The molecule has 0 aliphatic carbocycles. The van der Waals surface area contributed by atoms with Gasteiger partial charge in [-0.2, -0.15) is 12.7 Å². The van der Waals surface area contributed by atoms with E-state index >= 15 is 0 Å². The van der Waals surface area contributed by atoms with E-state index in [0.717, 1.165) is 28.6 Å². The Morgan fingerprint density at radius 1 is 1.03 bits per heavy atom. The Labute approximate surface area is 188 Å². The van der Waals surface area contributed by atoms with E-state index in [2.05, 4.69) is 9.71 Å². The van der Waals surface area contributed by atoms with Gasteiger partial charge >= 0.3 is 16.2 Å². The Morgan fingerprint density at radius 3 is 2.21 bits per heavy atom. The van der Waals surface area contributed by atoms with Crippen LogP contribution in [0.4, 0.5) is 35.2 Å². The number of hydrogen-bond donors (Lipinski definition) is 2. The molecule has 0 aliphatic heterocycles. The Morgan fingerprint density at radius 2 is 1.67 bits per heavy atom. The highest BCUT2D eigenvalue weighted by atomic mass is 32.2. The van der Waals surface area contributed by atoms with Gasteiger partial charge in [-0.25, -0.2) is 27.8 Å². The maximum atomic E-state index is 14.4. The van der Waals surface area contributed by atoms with Crippen molar-refractivity contribution in [1.82, 2.24) is 9.29 Å². The summed E-state index contributed by atoms with van der Waals surface area (Å²) in [7, 11) is -1.36. The first kappa shape index (κ1) is 24.0. The number of aromatic nitrogens is 1. The molecule has 0 atom stereocenters. The maximum absolute atomic E-state index is 14.4. The number of urea groups is 1. The molecule has 0 aliphatic rings. The summed E-state index contributed by atoms with van der Waals surface area (Å²) >= 11 is 0. The lowest BCUT2D eigenvalue weighted by Crippen LogP contribution is -2.34. The largest absolute Gasteiger partial charge is 0.351 e. The lowest BCUT2D eigenvalue weighted by Gasteiger charge is -2.23. The fourth-order valence-electron chi connectivity index (χ4n) is 3.02. The van der Waals surface area contributed by atoms with Gasteiger partial charge in [-0.1, -0.05) is 6.07 Å². The van der Waals surface area contributed by atoms with E-state index < -0.39 is 39.4 Å². The molecule has 174 valence electrons. The highest BCUT2D eigenvalue weighted by molar-refractivity contribution is 7.90. The summed E-state index contributed by atoms with van der Waals surface area (Å²) in [4.78, 5) is 17.0. The number of benzene rings is 2. The quantitative estimate of drug-likeness (QED) is 0.559. The zero-order chi connectivity index (χ0) is 24.5. The lowest BCUT2D eigenvalue weighted by atomic mass is 10.0. The zero-order valence-electron chi connectivity index (χ0n) is 17.8. The zero-order valence-corrected chi connectivity index (χ0v) is 18.6. The Bertz CT molecular complexity index is 1310. The van der Waals surface area contributed by atoms with Gasteiger partial charge in [0.1, 0.15) is 29.0 Å². The number of nitrogens with two attached hydrogens (primary N) is 1. The van der Waals surface area contributed by atoms with Crippen LogP contribution in [0.15, 0.2) is 48.5 Å². The first-order chi connectivity index (χ1) is 15.4. The van der Waals surface area contributed by atoms with Crippen LogP contribution in [-0.2, 0) is 10.2 Å². The number of pyridine rings is 1. The van der Waals surface area contributed by atoms with Crippen molar-refractivity contribution < 1.29 is 26.4 Å². The maximum Gasteiger partial charge on any atom is 0.325 e. The van der Waals surface area contributed by atoms with Crippen LogP contribution in [0.3, 0.4) is 0 Å². The molecule has 0 fully saturated rings. The summed E-state index contributed by atoms with van der Waals surface area (Å²) in [6.07, 6.45) is 0. The molecule has 2 amide bonds. The molecular formula is C21H20F3N5O3S. The van der Waals surface area contributed by atoms with Crippen LogP contribution in [0.1, 0.15) is 5.56 Å². The third kappa shape index (κ3) is 4.91. The van der Waals surface area contributed by atoms with Crippen molar-refractivity contribution in [2.45, 2.75) is 6.92 Å². The molecule has 2 aromatic carbocycles. The predicted molar refractivity (Wildman–Crippen MR) is 119 cm³/mol. The number of nitrogens with zero attached hydrogens (tertiary/aromatic N) is 3. The molecule has 0 spiro atoms. The molecule has 1 aromatic heterocycles. The van der Waals surface area contributed by atoms with Crippen LogP contribution < -0.4 is 15.4 Å². The summed E-state index contributed by atoms with van der Waals surface area (Å²) in [5.74, 6) is -2.94. The van der Waals surface area contributed by atoms with Crippen molar-refractivity contribution in [3.63, 3.8) is 0 Å². The number of rotatable bonds is 6. The molecule has 0 radical (unpaired) electrons. The smallest absolute Gasteiger partial charge is 0.325 e. The standard InChI is InChI=1S/C21H20F3N5O3S/c1-12-11-13(22)7-8-14(12)19-17(27-33(31,32)28(2)3)9-10-18(26-19)29(21(25)30)20-15(23)5-4-6-16(20)24/h4-11,27H,1-3H3,(H2,25,30). The van der Waals surface area contributed by atoms with Crippen molar-refractivity contribution in [1.29, 1.82) is 0 Å². The molecule has 3 N–H and O–H groups in total. The molecule has 33 heavy (non-hydrogen) atoms. The molecule has 8 nitrogen and oxygen atoms in total. The van der Waals surface area contributed by atoms with Crippen LogP contribution in [0.5, 0.6) is 0 Å². The number of primary amides is 1. The van der Waals surface area contributed by atoms with E-state index in [9.17, 15) is 26.4 Å². The molecule has 12 heteroatoms. The predicted octanol–water partition coefficient (Wildman–Crippen LogP) is 3.91. The van der Waals surface area contributed by atoms with Crippen molar-refractivity contribution >= 4 is 33.4 Å². The number of anilines is 3. The number of aryl methyl sites for hydroxylation is 1. The number of amides is 2. The van der Waals surface area contributed by atoms with Crippen molar-refractivity contribution in [3.05, 3.63) is 71.5 Å². The number of halogens is 3. The normalized spacial score (nSPS) is 11.5. The minimum atomic E-state index is -3.97. The van der Waals surface area contributed by atoms with Gasteiger partial charge in [0.25, 0.3) is 0 Å². The average molecular weight is 479 g/mol. The minimum Gasteiger partial charge on any atom is -0.351 e. The fourth-order valence-corrected chi connectivity index (χ4v) is 3.65. The van der Waals surface area contributed by atoms with E-state index in [-0.39, 0.29) is 17.2 Å². The average Bonchev–Trinajstić information content (AvgIpc) is 2.71. The van der Waals surface area contributed by atoms with Gasteiger partial charge in [-0.15, -0.1) is 0 Å². The topological polar surface area (TPSA) is 109 Å². The van der Waals surface area contributed by atoms with Crippen molar-refractivity contribution in [2.75, 3.05) is 23.7 Å². The molecule has 0 saturated carbocycles. The lowest BCUT2D eigenvalue weighted by molar-refractivity contribution is 0.255. The molecule has 3 rings (SSSR count). The number of hydrogen-bond acceptors (Lipinski definition) is 4. The van der Waals surface area contributed by atoms with Gasteiger partial charge in [0, 0.05) is 19.7 Å². The fraction of sp³-hybridized carbons (Fsp3) is 0.143. The molecule has 0 bridgehead atoms. The minimum absolute atomic E-state index is 0.0133. The molecular weight excluding hydrogens is 459 g/mol. The summed E-state index contributed by atoms with van der Waals surface area (Å²) in [6.45, 7) is 1.57. The van der Waals surface area contributed by atoms with Crippen LogP contribution in [0.25, 0.3) is 11.3 Å². The summed E-state index contributed by atoms with van der Waals surface area (Å²) < 4.78 is 70.6. The van der Waals surface area contributed by atoms with Gasteiger partial charge in [0.15, 0.2) is 0 Å². The third-order valence-corrected chi connectivity index (χ3v) is 6.09. The molecule has 1 heterocycles. The summed E-state index contributed by atoms with van der Waals surface area (Å²) in [5.41, 5.74) is 5.33. The summed E-state index contributed by atoms with van der Waals surface area (Å²) in [6, 6.07) is 7.92. The van der Waals surface area contributed by atoms with E-state index in [4.69, 9.17) is 5.73 Å². The van der Waals surface area contributed by atoms with E-state index in [1.165, 1.54) is 38.4 Å². The Hall–Kier alpha value is -3.64. The highest BCUT2D eigenvalue weighted by Crippen LogP contribution is 2.35. The Kier molecular flexibility index (Phi) is 6.60. The van der Waals surface area contributed by atoms with Crippen LogP contribution in [-0.4, -0.2) is 37.8 Å². The van der Waals surface area contributed by atoms with E-state index in [1.54, 1.807) is 6.92 Å². The second-order valence-electron chi connectivity index (χ2n) is 7.16. The Balaban J connectivity index is 2.27. The van der Waals surface area contributed by atoms with Gasteiger partial charge in [-0.3, -0.25) is 4.72 Å². The van der Waals surface area contributed by atoms with Crippen molar-refractivity contribution in [2.24, 2.45) is 5.73 Å². The van der Waals surface area contributed by atoms with Gasteiger partial charge in [0.2, 0.25) is 0 Å². The molecule has 0 unspecified atom stereocenters.